The van der Waals surface area contributed by atoms with Crippen LogP contribution >= 0.6 is 23.4 Å². The summed E-state index contributed by atoms with van der Waals surface area (Å²) in [5.74, 6) is 0.843. The summed E-state index contributed by atoms with van der Waals surface area (Å²) in [4.78, 5) is 4.36. The van der Waals surface area contributed by atoms with Gasteiger partial charge in [0.1, 0.15) is 0 Å². The average Bonchev–Trinajstić information content (AvgIpc) is 2.78. The normalized spacial score (nSPS) is 19.4. The summed E-state index contributed by atoms with van der Waals surface area (Å²) in [6, 6.07) is 3.43. The molecule has 1 N–H and O–H groups in total. The van der Waals surface area contributed by atoms with E-state index in [4.69, 9.17) is 11.6 Å². The second-order valence-electron chi connectivity index (χ2n) is 4.12. The Morgan fingerprint density at radius 2 is 2.21 bits per heavy atom. The van der Waals surface area contributed by atoms with Crippen LogP contribution < -0.4 is 5.32 Å². The molecule has 1 heterocycles. The number of nitrogens with one attached hydrogen (secondary N) is 1. The van der Waals surface area contributed by atoms with Gasteiger partial charge in [0.25, 0.3) is 0 Å². The molecule has 7 heteroatoms. The van der Waals surface area contributed by atoms with Crippen LogP contribution in [0.5, 0.6) is 0 Å². The van der Waals surface area contributed by atoms with E-state index in [0.29, 0.717) is 5.17 Å². The zero-order valence-electron chi connectivity index (χ0n) is 10.1. The Kier molecular flexibility index (Phi) is 4.30. The molecule has 0 radical (unpaired) electrons. The molecule has 1 unspecified atom stereocenters. The van der Waals surface area contributed by atoms with Gasteiger partial charge in [0.2, 0.25) is 0 Å². The Bertz CT molecular complexity index is 502. The number of rotatable bonds is 2. The van der Waals surface area contributed by atoms with E-state index in [2.05, 4.69) is 10.3 Å². The van der Waals surface area contributed by atoms with E-state index < -0.39 is 11.7 Å². The molecule has 0 amide bonds. The van der Waals surface area contributed by atoms with Crippen LogP contribution in [0.4, 0.5) is 18.9 Å². The summed E-state index contributed by atoms with van der Waals surface area (Å²) >= 11 is 7.39. The number of anilines is 1. The van der Waals surface area contributed by atoms with Gasteiger partial charge >= 0.3 is 6.18 Å². The third kappa shape index (κ3) is 3.57. The number of hydrogen-bond acceptors (Lipinski definition) is 3. The number of alkyl halides is 3. The average molecular weight is 309 g/mol. The maximum atomic E-state index is 12.6. The molecule has 19 heavy (non-hydrogen) atoms. The van der Waals surface area contributed by atoms with E-state index in [1.54, 1.807) is 0 Å². The quantitative estimate of drug-likeness (QED) is 0.860. The van der Waals surface area contributed by atoms with Gasteiger partial charge in [-0.25, -0.2) is 0 Å². The lowest BCUT2D eigenvalue weighted by Crippen LogP contribution is -2.09. The highest BCUT2D eigenvalue weighted by Crippen LogP contribution is 2.34. The van der Waals surface area contributed by atoms with Gasteiger partial charge in [0.05, 0.1) is 22.3 Å². The number of thioether (sulfide) groups is 1. The highest BCUT2D eigenvalue weighted by atomic mass is 35.5. The molecule has 2 rings (SSSR count). The molecular formula is C12H12ClF3N2S. The lowest BCUT2D eigenvalue weighted by molar-refractivity contribution is -0.137. The highest BCUT2D eigenvalue weighted by molar-refractivity contribution is 8.14. The van der Waals surface area contributed by atoms with Crippen molar-refractivity contribution in [1.82, 2.24) is 0 Å². The molecule has 2 nitrogen and oxygen atoms in total. The second kappa shape index (κ2) is 5.63. The van der Waals surface area contributed by atoms with Crippen molar-refractivity contribution < 1.29 is 13.2 Å². The standard InChI is InChI=1S/C12H12ClF3N2S/c1-2-8-6-19-11(17-8)18-10-5-7(12(14,15)16)3-4-9(10)13/h3-5,8H,2,6H2,1H3,(H,17,18). The molecule has 1 atom stereocenters. The number of aliphatic imine (C=N–C) groups is 1. The van der Waals surface area contributed by atoms with Gasteiger partial charge in [-0.05, 0) is 24.6 Å². The van der Waals surface area contributed by atoms with Gasteiger partial charge in [-0.3, -0.25) is 4.99 Å². The summed E-state index contributed by atoms with van der Waals surface area (Å²) in [5, 5.41) is 3.73. The first-order valence-electron chi connectivity index (χ1n) is 5.74. The van der Waals surface area contributed by atoms with Crippen LogP contribution in [0.1, 0.15) is 18.9 Å². The Balaban J connectivity index is 2.21. The Labute approximate surface area is 118 Å². The van der Waals surface area contributed by atoms with Gasteiger partial charge in [-0.2, -0.15) is 13.2 Å². The first kappa shape index (κ1) is 14.5. The topological polar surface area (TPSA) is 24.4 Å². The fourth-order valence-corrected chi connectivity index (χ4v) is 2.84. The Morgan fingerprint density at radius 3 is 2.79 bits per heavy atom. The Hall–Kier alpha value is -0.880. The summed E-state index contributed by atoms with van der Waals surface area (Å²) in [6.45, 7) is 2.02. The van der Waals surface area contributed by atoms with Crippen molar-refractivity contribution in [3.8, 4) is 0 Å². The van der Waals surface area contributed by atoms with E-state index >= 15 is 0 Å². The minimum atomic E-state index is -4.38. The number of hydrogen-bond donors (Lipinski definition) is 1. The first-order valence-corrected chi connectivity index (χ1v) is 7.11. The van der Waals surface area contributed by atoms with Gasteiger partial charge in [-0.15, -0.1) is 0 Å². The van der Waals surface area contributed by atoms with Gasteiger partial charge < -0.3 is 5.32 Å². The van der Waals surface area contributed by atoms with Crippen molar-refractivity contribution >= 4 is 34.2 Å². The Morgan fingerprint density at radius 1 is 1.47 bits per heavy atom. The number of halogens is 4. The van der Waals surface area contributed by atoms with Crippen LogP contribution in [0.2, 0.25) is 5.02 Å². The third-order valence-electron chi connectivity index (χ3n) is 2.72. The number of benzene rings is 1. The van der Waals surface area contributed by atoms with E-state index in [1.165, 1.54) is 17.8 Å². The molecule has 1 aromatic rings. The third-order valence-corrected chi connectivity index (χ3v) is 4.08. The lowest BCUT2D eigenvalue weighted by atomic mass is 10.2. The molecule has 0 spiro atoms. The highest BCUT2D eigenvalue weighted by Gasteiger charge is 2.31. The van der Waals surface area contributed by atoms with Gasteiger partial charge in [0.15, 0.2) is 5.17 Å². The summed E-state index contributed by atoms with van der Waals surface area (Å²) in [5.41, 5.74) is -0.491. The van der Waals surface area contributed by atoms with E-state index in [-0.39, 0.29) is 16.8 Å². The van der Waals surface area contributed by atoms with Crippen molar-refractivity contribution in [2.24, 2.45) is 4.99 Å². The van der Waals surface area contributed by atoms with Crippen LogP contribution in [-0.2, 0) is 6.18 Å². The molecule has 0 bridgehead atoms. The van der Waals surface area contributed by atoms with Crippen molar-refractivity contribution in [2.75, 3.05) is 11.1 Å². The molecular weight excluding hydrogens is 297 g/mol. The summed E-state index contributed by atoms with van der Waals surface area (Å²) < 4.78 is 37.9. The zero-order valence-corrected chi connectivity index (χ0v) is 11.7. The predicted octanol–water partition coefficient (Wildman–Crippen LogP) is 4.65. The molecule has 0 saturated heterocycles. The van der Waals surface area contributed by atoms with Crippen LogP contribution in [0, 0.1) is 0 Å². The molecule has 104 valence electrons. The molecule has 1 aromatic carbocycles. The second-order valence-corrected chi connectivity index (χ2v) is 5.54. The van der Waals surface area contributed by atoms with E-state index in [0.717, 1.165) is 24.3 Å². The van der Waals surface area contributed by atoms with Gasteiger partial charge in [0, 0.05) is 5.75 Å². The number of amidine groups is 1. The molecule has 1 aliphatic heterocycles. The van der Waals surface area contributed by atoms with Gasteiger partial charge in [-0.1, -0.05) is 30.3 Å². The van der Waals surface area contributed by atoms with Crippen LogP contribution in [0.15, 0.2) is 23.2 Å². The fraction of sp³-hybridized carbons (Fsp3) is 0.417. The van der Waals surface area contributed by atoms with Crippen molar-refractivity contribution in [2.45, 2.75) is 25.6 Å². The molecule has 0 fully saturated rings. The fourth-order valence-electron chi connectivity index (χ4n) is 1.61. The maximum absolute atomic E-state index is 12.6. The lowest BCUT2D eigenvalue weighted by Gasteiger charge is -2.11. The van der Waals surface area contributed by atoms with Crippen LogP contribution in [0.3, 0.4) is 0 Å². The summed E-state index contributed by atoms with van der Waals surface area (Å²) in [6.07, 6.45) is -3.47. The number of nitrogens with zero attached hydrogens (tertiary/aromatic N) is 1. The van der Waals surface area contributed by atoms with Crippen LogP contribution in [-0.4, -0.2) is 17.0 Å². The molecule has 0 aromatic heterocycles. The molecule has 1 aliphatic rings. The van der Waals surface area contributed by atoms with E-state index in [1.807, 2.05) is 6.92 Å². The minimum Gasteiger partial charge on any atom is -0.334 e. The largest absolute Gasteiger partial charge is 0.416 e. The first-order chi connectivity index (χ1) is 8.90. The summed E-state index contributed by atoms with van der Waals surface area (Å²) in [7, 11) is 0. The monoisotopic (exact) mass is 308 g/mol. The SMILES string of the molecule is CCC1CSC(Nc2cc(C(F)(F)F)ccc2Cl)=N1. The minimum absolute atomic E-state index is 0.220. The van der Waals surface area contributed by atoms with Crippen molar-refractivity contribution in [1.29, 1.82) is 0 Å². The van der Waals surface area contributed by atoms with Crippen LogP contribution in [0.25, 0.3) is 0 Å². The zero-order chi connectivity index (χ0) is 14.0. The smallest absolute Gasteiger partial charge is 0.334 e. The molecule has 0 aliphatic carbocycles. The van der Waals surface area contributed by atoms with Crippen molar-refractivity contribution in [3.05, 3.63) is 28.8 Å². The van der Waals surface area contributed by atoms with Crippen molar-refractivity contribution in [3.63, 3.8) is 0 Å². The van der Waals surface area contributed by atoms with E-state index in [9.17, 15) is 13.2 Å². The maximum Gasteiger partial charge on any atom is 0.416 e. The molecule has 0 saturated carbocycles. The predicted molar refractivity (Wildman–Crippen MR) is 74.0 cm³/mol.